The summed E-state index contributed by atoms with van der Waals surface area (Å²) in [7, 11) is 0. The quantitative estimate of drug-likeness (QED) is 0.0962. The molecule has 0 atom stereocenters. The Morgan fingerprint density at radius 1 is 0.643 bits per heavy atom. The van der Waals surface area contributed by atoms with Gasteiger partial charge in [-0.05, 0) is 69.8 Å². The number of imidazole rings is 1. The number of pyridine rings is 1. The zero-order valence-electron chi connectivity index (χ0n) is 22.9. The van der Waals surface area contributed by atoms with Crippen molar-refractivity contribution in [1.29, 1.82) is 0 Å². The molecule has 4 aromatic carbocycles. The fraction of sp³-hybridized carbons (Fsp3) is 0.0556. The number of thioether (sulfide) groups is 1. The highest BCUT2D eigenvalue weighted by Gasteiger charge is 2.40. The molecule has 0 aliphatic carbocycles. The van der Waals surface area contributed by atoms with Gasteiger partial charge >= 0.3 is 0 Å². The minimum atomic E-state index is -0.705. The summed E-state index contributed by atoms with van der Waals surface area (Å²) >= 11 is 4.08. The van der Waals surface area contributed by atoms with Gasteiger partial charge in [0.15, 0.2) is 0 Å². The van der Waals surface area contributed by atoms with Crippen LogP contribution in [0.1, 0.15) is 16.7 Å². The molecular weight excluding hydrogens is 647 g/mol. The van der Waals surface area contributed by atoms with Crippen molar-refractivity contribution >= 4 is 40.0 Å². The molecule has 0 spiro atoms. The fourth-order valence-corrected chi connectivity index (χ4v) is 6.70. The second kappa shape index (κ2) is 11.3. The van der Waals surface area contributed by atoms with Gasteiger partial charge in [-0.2, -0.15) is 5.10 Å². The van der Waals surface area contributed by atoms with Crippen LogP contribution in [0, 0.1) is 3.70 Å². The van der Waals surface area contributed by atoms with Crippen molar-refractivity contribution < 1.29 is 0 Å². The Morgan fingerprint density at radius 3 is 1.74 bits per heavy atom. The van der Waals surface area contributed by atoms with Gasteiger partial charge in [-0.25, -0.2) is 4.98 Å². The number of fused-ring (bicyclic) bond motifs is 1. The highest BCUT2D eigenvalue weighted by atomic mass is 127. The van der Waals surface area contributed by atoms with Crippen molar-refractivity contribution in [2.75, 3.05) is 6.26 Å². The zero-order chi connectivity index (χ0) is 28.5. The van der Waals surface area contributed by atoms with Crippen LogP contribution >= 0.6 is 34.4 Å². The number of nitrogens with zero attached hydrogens (tertiary/aromatic N) is 4. The molecule has 0 fully saturated rings. The second-order valence-electron chi connectivity index (χ2n) is 10.1. The SMILES string of the molecule is CSc1ccc(-c2nn(C(c3ccccc3)(c3ccccc3)c3ccccc3)cc2-c2ccc3ncc(I)n3c2)cc1. The van der Waals surface area contributed by atoms with Crippen molar-refractivity contribution in [1.82, 2.24) is 19.2 Å². The average Bonchev–Trinajstić information content (AvgIpc) is 3.67. The van der Waals surface area contributed by atoms with Gasteiger partial charge < -0.3 is 0 Å². The molecule has 7 rings (SSSR count). The first-order chi connectivity index (χ1) is 20.7. The molecular formula is C36H27IN4S. The van der Waals surface area contributed by atoms with E-state index in [0.717, 1.165) is 48.4 Å². The van der Waals surface area contributed by atoms with E-state index in [2.05, 4.69) is 183 Å². The lowest BCUT2D eigenvalue weighted by molar-refractivity contribution is 0.461. The molecule has 0 saturated heterocycles. The second-order valence-corrected chi connectivity index (χ2v) is 12.1. The van der Waals surface area contributed by atoms with Gasteiger partial charge in [0.25, 0.3) is 0 Å². The molecule has 4 nitrogen and oxygen atoms in total. The Bertz CT molecular complexity index is 1870. The molecule has 0 unspecified atom stereocenters. The van der Waals surface area contributed by atoms with Crippen LogP contribution in [0.5, 0.6) is 0 Å². The Balaban J connectivity index is 1.57. The summed E-state index contributed by atoms with van der Waals surface area (Å²) in [4.78, 5) is 5.77. The highest BCUT2D eigenvalue weighted by Crippen LogP contribution is 2.43. The van der Waals surface area contributed by atoms with Crippen LogP contribution in [-0.2, 0) is 5.54 Å². The number of hydrogen-bond acceptors (Lipinski definition) is 3. The van der Waals surface area contributed by atoms with Gasteiger partial charge in [0.1, 0.15) is 20.6 Å². The lowest BCUT2D eigenvalue weighted by atomic mass is 9.77. The number of hydrogen-bond donors (Lipinski definition) is 0. The Labute approximate surface area is 263 Å². The molecule has 3 aromatic heterocycles. The first-order valence-corrected chi connectivity index (χ1v) is 16.0. The van der Waals surface area contributed by atoms with Crippen molar-refractivity contribution in [3.8, 4) is 22.4 Å². The molecule has 0 aliphatic rings. The summed E-state index contributed by atoms with van der Waals surface area (Å²) in [5.41, 5.74) is 7.79. The number of aromatic nitrogens is 4. The van der Waals surface area contributed by atoms with Crippen molar-refractivity contribution in [2.24, 2.45) is 0 Å². The molecule has 6 heteroatoms. The van der Waals surface area contributed by atoms with Crippen molar-refractivity contribution in [3.05, 3.63) is 166 Å². The predicted molar refractivity (Wildman–Crippen MR) is 181 cm³/mol. The molecule has 0 bridgehead atoms. The maximum absolute atomic E-state index is 5.49. The minimum absolute atomic E-state index is 0.705. The third-order valence-electron chi connectivity index (χ3n) is 7.77. The largest absolute Gasteiger partial charge is 0.294 e. The summed E-state index contributed by atoms with van der Waals surface area (Å²) in [5.74, 6) is 0. The molecule has 3 heterocycles. The molecule has 0 aliphatic heterocycles. The van der Waals surface area contributed by atoms with Crippen molar-refractivity contribution in [3.63, 3.8) is 0 Å². The van der Waals surface area contributed by atoms with E-state index < -0.39 is 5.54 Å². The van der Waals surface area contributed by atoms with E-state index in [1.807, 2.05) is 6.20 Å². The Hall–Kier alpha value is -4.14. The van der Waals surface area contributed by atoms with E-state index >= 15 is 0 Å². The summed E-state index contributed by atoms with van der Waals surface area (Å²) in [6, 6.07) is 45.0. The number of rotatable bonds is 7. The third kappa shape index (κ3) is 4.55. The lowest BCUT2D eigenvalue weighted by Crippen LogP contribution is -2.38. The van der Waals surface area contributed by atoms with Crippen LogP contribution in [0.4, 0.5) is 0 Å². The lowest BCUT2D eigenvalue weighted by Gasteiger charge is -2.36. The summed E-state index contributed by atoms with van der Waals surface area (Å²) in [6.45, 7) is 0. The number of halogens is 1. The smallest absolute Gasteiger partial charge is 0.138 e. The first-order valence-electron chi connectivity index (χ1n) is 13.7. The monoisotopic (exact) mass is 674 g/mol. The molecule has 204 valence electrons. The molecule has 42 heavy (non-hydrogen) atoms. The minimum Gasteiger partial charge on any atom is -0.294 e. The Kier molecular flexibility index (Phi) is 7.17. The van der Waals surface area contributed by atoms with Gasteiger partial charge in [-0.15, -0.1) is 11.8 Å². The average molecular weight is 675 g/mol. The van der Waals surface area contributed by atoms with E-state index in [9.17, 15) is 0 Å². The van der Waals surface area contributed by atoms with E-state index in [4.69, 9.17) is 5.10 Å². The first kappa shape index (κ1) is 26.7. The van der Waals surface area contributed by atoms with Gasteiger partial charge in [-0.3, -0.25) is 9.08 Å². The van der Waals surface area contributed by atoms with Crippen LogP contribution in [0.3, 0.4) is 0 Å². The van der Waals surface area contributed by atoms with E-state index in [-0.39, 0.29) is 0 Å². The van der Waals surface area contributed by atoms with Gasteiger partial charge in [-0.1, -0.05) is 103 Å². The molecule has 0 saturated carbocycles. The third-order valence-corrected chi connectivity index (χ3v) is 9.31. The summed E-state index contributed by atoms with van der Waals surface area (Å²) in [5, 5.41) is 5.49. The predicted octanol–water partition coefficient (Wildman–Crippen LogP) is 9.03. The molecule has 7 aromatic rings. The van der Waals surface area contributed by atoms with E-state index in [1.54, 1.807) is 11.8 Å². The van der Waals surface area contributed by atoms with E-state index in [1.165, 1.54) is 4.90 Å². The van der Waals surface area contributed by atoms with Gasteiger partial charge in [0.2, 0.25) is 0 Å². The standard InChI is InChI=1S/C36H27IN4S/c1-42-31-20-17-26(18-21-31)35-32(27-19-22-34-38-23-33(37)40(34)24-27)25-41(39-35)36(28-11-5-2-6-12-28,29-13-7-3-8-14-29)30-15-9-4-10-16-30/h2-25H,1H3. The van der Waals surface area contributed by atoms with Crippen LogP contribution < -0.4 is 0 Å². The van der Waals surface area contributed by atoms with Crippen LogP contribution in [-0.4, -0.2) is 25.4 Å². The van der Waals surface area contributed by atoms with Crippen LogP contribution in [0.25, 0.3) is 28.0 Å². The topological polar surface area (TPSA) is 35.1 Å². The number of benzene rings is 4. The summed E-state index contributed by atoms with van der Waals surface area (Å²) < 4.78 is 5.37. The van der Waals surface area contributed by atoms with Crippen LogP contribution in [0.2, 0.25) is 0 Å². The fourth-order valence-electron chi connectivity index (χ4n) is 5.76. The van der Waals surface area contributed by atoms with Crippen molar-refractivity contribution in [2.45, 2.75) is 10.4 Å². The van der Waals surface area contributed by atoms with E-state index in [0.29, 0.717) is 0 Å². The van der Waals surface area contributed by atoms with Gasteiger partial charge in [0, 0.05) is 34.0 Å². The molecule has 0 radical (unpaired) electrons. The maximum Gasteiger partial charge on any atom is 0.138 e. The molecule has 0 amide bonds. The zero-order valence-corrected chi connectivity index (χ0v) is 25.9. The van der Waals surface area contributed by atoms with Gasteiger partial charge in [0.05, 0.1) is 6.20 Å². The normalized spacial score (nSPS) is 11.7. The van der Waals surface area contributed by atoms with Crippen LogP contribution in [0.15, 0.2) is 151 Å². The molecule has 0 N–H and O–H groups in total. The summed E-state index contributed by atoms with van der Waals surface area (Å²) in [6.07, 6.45) is 8.39. The Morgan fingerprint density at radius 2 is 1.19 bits per heavy atom. The maximum atomic E-state index is 5.49. The highest BCUT2D eigenvalue weighted by molar-refractivity contribution is 14.1.